The summed E-state index contributed by atoms with van der Waals surface area (Å²) in [4.78, 5) is 21.9. The molecule has 2 aliphatic rings. The van der Waals surface area contributed by atoms with Crippen LogP contribution in [0.4, 0.5) is 13.6 Å². The van der Waals surface area contributed by atoms with Gasteiger partial charge in [0, 0.05) is 74.4 Å². The summed E-state index contributed by atoms with van der Waals surface area (Å²) in [7, 11) is 1.89. The first kappa shape index (κ1) is 41.9. The molecular weight excluding hydrogens is 634 g/mol. The van der Waals surface area contributed by atoms with E-state index < -0.39 is 24.0 Å². The van der Waals surface area contributed by atoms with Crippen LogP contribution in [-0.4, -0.2) is 75.1 Å². The number of aromatic nitrogens is 2. The molecule has 1 aliphatic carbocycles. The van der Waals surface area contributed by atoms with Crippen LogP contribution < -0.4 is 0 Å². The van der Waals surface area contributed by atoms with Gasteiger partial charge in [0.25, 0.3) is 5.92 Å². The smallest absolute Gasteiger partial charge is 0.410 e. The summed E-state index contributed by atoms with van der Waals surface area (Å²) in [6, 6.07) is 2.14. The first-order valence-electron chi connectivity index (χ1n) is 18.0. The number of amides is 1. The van der Waals surface area contributed by atoms with Gasteiger partial charge in [-0.05, 0) is 103 Å². The van der Waals surface area contributed by atoms with Crippen molar-refractivity contribution in [2.75, 3.05) is 26.2 Å². The van der Waals surface area contributed by atoms with Gasteiger partial charge < -0.3 is 14.5 Å². The van der Waals surface area contributed by atoms with Gasteiger partial charge in [-0.25, -0.2) is 13.6 Å². The van der Waals surface area contributed by atoms with Crippen LogP contribution in [0.25, 0.3) is 5.57 Å². The van der Waals surface area contributed by atoms with E-state index in [4.69, 9.17) is 9.73 Å². The SMILES string of the molecule is C/C=C(\C(C(CCCCC1=C=C(C)C=CC(C#N)=C1)=NCC)=C(\C)N1CCN(C(=O)OC(C)(C)C(F)(F)CC)C[C@@H]1C)c1cnn(C)c1.CC. The summed E-state index contributed by atoms with van der Waals surface area (Å²) in [5, 5.41) is 13.9. The number of carbonyl (C=O) groups excluding carboxylic acids is 1. The van der Waals surface area contributed by atoms with E-state index in [9.17, 15) is 18.8 Å². The van der Waals surface area contributed by atoms with Gasteiger partial charge in [-0.15, -0.1) is 5.73 Å². The van der Waals surface area contributed by atoms with Gasteiger partial charge in [-0.3, -0.25) is 9.67 Å². The second kappa shape index (κ2) is 19.2. The molecule has 8 nitrogen and oxygen atoms in total. The summed E-state index contributed by atoms with van der Waals surface area (Å²) in [6.45, 7) is 19.9. The van der Waals surface area contributed by atoms with E-state index in [0.29, 0.717) is 31.8 Å². The van der Waals surface area contributed by atoms with E-state index in [1.165, 1.54) is 25.7 Å². The monoisotopic (exact) mass is 692 g/mol. The van der Waals surface area contributed by atoms with E-state index in [-0.39, 0.29) is 6.04 Å². The first-order valence-corrected chi connectivity index (χ1v) is 18.0. The van der Waals surface area contributed by atoms with Gasteiger partial charge in [0.1, 0.15) is 0 Å². The molecule has 0 aromatic carbocycles. The third-order valence-corrected chi connectivity index (χ3v) is 9.00. The molecule has 274 valence electrons. The predicted molar refractivity (Wildman–Crippen MR) is 200 cm³/mol. The zero-order valence-electron chi connectivity index (χ0n) is 32.2. The Balaban J connectivity index is 0.00000425. The maximum Gasteiger partial charge on any atom is 0.410 e. The van der Waals surface area contributed by atoms with Crippen molar-refractivity contribution in [3.63, 3.8) is 0 Å². The predicted octanol–water partition coefficient (Wildman–Crippen LogP) is 9.60. The molecular formula is C40H58F2N6O2. The van der Waals surface area contributed by atoms with Crippen molar-refractivity contribution < 1.29 is 18.3 Å². The number of halogens is 2. The first-order chi connectivity index (χ1) is 23.7. The lowest BCUT2D eigenvalue weighted by atomic mass is 9.90. The molecule has 1 fully saturated rings. The van der Waals surface area contributed by atoms with Crippen LogP contribution in [0.1, 0.15) is 107 Å². The molecule has 1 aromatic heterocycles. The zero-order chi connectivity index (χ0) is 37.6. The molecule has 2 heterocycles. The number of hydrogen-bond donors (Lipinski definition) is 0. The van der Waals surface area contributed by atoms with Crippen molar-refractivity contribution in [1.82, 2.24) is 19.6 Å². The van der Waals surface area contributed by atoms with Gasteiger partial charge in [0.2, 0.25) is 0 Å². The summed E-state index contributed by atoms with van der Waals surface area (Å²) in [6.07, 6.45) is 13.8. The number of ether oxygens (including phenoxy) is 1. The number of nitrogens with zero attached hydrogens (tertiary/aromatic N) is 6. The molecule has 0 N–H and O–H groups in total. The largest absolute Gasteiger partial charge is 0.437 e. The Morgan fingerprint density at radius 2 is 1.92 bits per heavy atom. The van der Waals surface area contributed by atoms with Crippen LogP contribution in [0.2, 0.25) is 0 Å². The highest BCUT2D eigenvalue weighted by atomic mass is 19.3. The fraction of sp³-hybridized carbons (Fsp3) is 0.575. The normalized spacial score (nSPS) is 17.8. The summed E-state index contributed by atoms with van der Waals surface area (Å²) in [5.41, 5.74) is 9.24. The minimum Gasteiger partial charge on any atom is -0.437 e. The van der Waals surface area contributed by atoms with Gasteiger partial charge >= 0.3 is 6.09 Å². The van der Waals surface area contributed by atoms with Crippen LogP contribution in [0.3, 0.4) is 0 Å². The van der Waals surface area contributed by atoms with Gasteiger partial charge in [0.15, 0.2) is 5.60 Å². The Morgan fingerprint density at radius 3 is 2.48 bits per heavy atom. The molecule has 10 heteroatoms. The number of carbonyl (C=O) groups is 1. The van der Waals surface area contributed by atoms with E-state index in [1.807, 2.05) is 79.2 Å². The Labute approximate surface area is 299 Å². The number of aryl methyl sites for hydroxylation is 1. The lowest BCUT2D eigenvalue weighted by Gasteiger charge is -2.43. The van der Waals surface area contributed by atoms with Crippen LogP contribution in [0.5, 0.6) is 0 Å². The van der Waals surface area contributed by atoms with Crippen molar-refractivity contribution in [2.45, 2.75) is 119 Å². The average Bonchev–Trinajstić information content (AvgIpc) is 3.43. The van der Waals surface area contributed by atoms with Gasteiger partial charge in [0.05, 0.1) is 17.8 Å². The Kier molecular flexibility index (Phi) is 16.1. The number of nitriles is 1. The molecule has 50 heavy (non-hydrogen) atoms. The van der Waals surface area contributed by atoms with Crippen LogP contribution >= 0.6 is 0 Å². The van der Waals surface area contributed by atoms with E-state index in [0.717, 1.165) is 64.9 Å². The van der Waals surface area contributed by atoms with Gasteiger partial charge in [-0.1, -0.05) is 32.9 Å². The Hall–Kier alpha value is -4.22. The number of allylic oxidation sites excluding steroid dienone is 9. The molecule has 1 aliphatic heterocycles. The van der Waals surface area contributed by atoms with Crippen LogP contribution in [0.15, 0.2) is 75.4 Å². The molecule has 1 atom stereocenters. The second-order valence-corrected chi connectivity index (χ2v) is 13.0. The number of rotatable bonds is 13. The minimum absolute atomic E-state index is 0.0992. The quantitative estimate of drug-likeness (QED) is 0.0890. The maximum atomic E-state index is 14.5. The highest BCUT2D eigenvalue weighted by Gasteiger charge is 2.49. The van der Waals surface area contributed by atoms with Crippen LogP contribution in [-0.2, 0) is 11.8 Å². The highest BCUT2D eigenvalue weighted by Crippen LogP contribution is 2.36. The number of aliphatic imine (C=N–C) groups is 1. The molecule has 0 bridgehead atoms. The fourth-order valence-corrected chi connectivity index (χ4v) is 6.19. The van der Waals surface area contributed by atoms with E-state index in [1.54, 1.807) is 4.68 Å². The fourth-order valence-electron chi connectivity index (χ4n) is 6.19. The molecule has 0 spiro atoms. The number of alkyl halides is 2. The second-order valence-electron chi connectivity index (χ2n) is 13.0. The minimum atomic E-state index is -3.13. The summed E-state index contributed by atoms with van der Waals surface area (Å²) < 4.78 is 36.1. The highest BCUT2D eigenvalue weighted by molar-refractivity contribution is 6.13. The van der Waals surface area contributed by atoms with Crippen molar-refractivity contribution in [3.8, 4) is 6.07 Å². The lowest BCUT2D eigenvalue weighted by Crippen LogP contribution is -2.55. The summed E-state index contributed by atoms with van der Waals surface area (Å²) in [5.74, 6) is -3.13. The van der Waals surface area contributed by atoms with Crippen LogP contribution in [0, 0.1) is 11.3 Å². The lowest BCUT2D eigenvalue weighted by molar-refractivity contribution is -0.169. The van der Waals surface area contributed by atoms with Gasteiger partial charge in [-0.2, -0.15) is 10.4 Å². The number of unbranched alkanes of at least 4 members (excludes halogenated alkanes) is 1. The third kappa shape index (κ3) is 10.9. The maximum absolute atomic E-state index is 14.5. The third-order valence-electron chi connectivity index (χ3n) is 9.00. The topological polar surface area (TPSA) is 86.8 Å². The molecule has 0 saturated carbocycles. The van der Waals surface area contributed by atoms with Crippen molar-refractivity contribution >= 4 is 17.4 Å². The molecule has 1 amide bonds. The van der Waals surface area contributed by atoms with E-state index >= 15 is 0 Å². The van der Waals surface area contributed by atoms with Crippen molar-refractivity contribution in [2.24, 2.45) is 12.0 Å². The molecule has 1 aromatic rings. The number of piperazine rings is 1. The average molecular weight is 693 g/mol. The molecule has 3 rings (SSSR count). The zero-order valence-corrected chi connectivity index (χ0v) is 32.2. The number of hydrogen-bond acceptors (Lipinski definition) is 6. The van der Waals surface area contributed by atoms with Crippen molar-refractivity contribution in [3.05, 3.63) is 76.0 Å². The molecule has 1 saturated heterocycles. The standard InChI is InChI=1S/C38H52F2N6O2.C2H6/c1-10-33(32-24-43-44(9)26-32)35(34(42-12-3)16-14-13-15-30-21-27(4)17-18-31(22-30)23-41)29(6)46-20-19-45(25-28(46)5)36(47)48-37(7,8)38(39,40)11-2;1-2/h10,17-18,22,24,26,28H,11-16,19-20,25H2,1-9H3;1-2H3/b33-10-,35-29+,42-34?;/t28-;/m0./s1. The van der Waals surface area contributed by atoms with E-state index in [2.05, 4.69) is 34.8 Å². The molecule has 0 radical (unpaired) electrons. The Bertz CT molecular complexity index is 1590. The Morgan fingerprint density at radius 1 is 1.22 bits per heavy atom. The molecule has 0 unspecified atom stereocenters. The summed E-state index contributed by atoms with van der Waals surface area (Å²) >= 11 is 0. The van der Waals surface area contributed by atoms with Crippen molar-refractivity contribution in [1.29, 1.82) is 5.26 Å².